The number of benzene rings is 3. The molecule has 3 aromatic carbocycles. The molecule has 0 atom stereocenters. The topological polar surface area (TPSA) is 21.9 Å². The lowest BCUT2D eigenvalue weighted by Gasteiger charge is -2.07. The van der Waals surface area contributed by atoms with Crippen LogP contribution in [-0.4, -0.2) is 4.57 Å². The summed E-state index contributed by atoms with van der Waals surface area (Å²) in [5.74, 6) is 0. The van der Waals surface area contributed by atoms with Gasteiger partial charge in [0.15, 0.2) is 11.8 Å². The van der Waals surface area contributed by atoms with E-state index in [1.54, 1.807) is 0 Å². The van der Waals surface area contributed by atoms with Gasteiger partial charge < -0.3 is 8.98 Å². The second kappa shape index (κ2) is 6.21. The summed E-state index contributed by atoms with van der Waals surface area (Å²) < 4.78 is 11.2. The predicted octanol–water partition coefficient (Wildman–Crippen LogP) is 6.65. The van der Waals surface area contributed by atoms with E-state index in [1.165, 1.54) is 55.0 Å². The van der Waals surface area contributed by atoms with Gasteiger partial charge in [-0.1, -0.05) is 36.4 Å². The van der Waals surface area contributed by atoms with E-state index in [-0.39, 0.29) is 0 Å². The molecule has 0 aliphatic rings. The van der Waals surface area contributed by atoms with Gasteiger partial charge in [-0.05, 0) is 44.0 Å². The monoisotopic (exact) mass is 405 g/mol. The number of rotatable bonds is 1. The van der Waals surface area contributed by atoms with E-state index in [0.717, 1.165) is 16.7 Å². The molecule has 0 N–H and O–H groups in total. The molecule has 3 heteroatoms. The van der Waals surface area contributed by atoms with Gasteiger partial charge in [0.05, 0.1) is 11.1 Å². The summed E-state index contributed by atoms with van der Waals surface area (Å²) in [5, 5.41) is 4.83. The first-order valence-electron chi connectivity index (χ1n) is 10.7. The maximum atomic E-state index is 6.73. The van der Waals surface area contributed by atoms with Gasteiger partial charge in [0, 0.05) is 45.7 Å². The molecule has 31 heavy (non-hydrogen) atoms. The number of hydrogen-bond acceptors (Lipinski definition) is 1. The first kappa shape index (κ1) is 18.2. The number of para-hydroxylation sites is 1. The molecule has 0 bridgehead atoms. The van der Waals surface area contributed by atoms with E-state index in [9.17, 15) is 0 Å². The van der Waals surface area contributed by atoms with Crippen molar-refractivity contribution < 1.29 is 8.98 Å². The summed E-state index contributed by atoms with van der Waals surface area (Å²) in [7, 11) is 4.25. The van der Waals surface area contributed by atoms with Crippen molar-refractivity contribution in [1.29, 1.82) is 0 Å². The van der Waals surface area contributed by atoms with Gasteiger partial charge in [-0.25, -0.2) is 4.57 Å². The van der Waals surface area contributed by atoms with E-state index < -0.39 is 0 Å². The summed E-state index contributed by atoms with van der Waals surface area (Å²) in [6.07, 6.45) is 2.20. The van der Waals surface area contributed by atoms with Crippen LogP contribution in [0.1, 0.15) is 16.7 Å². The van der Waals surface area contributed by atoms with Crippen molar-refractivity contribution in [2.75, 3.05) is 0 Å². The van der Waals surface area contributed by atoms with Crippen LogP contribution in [0.4, 0.5) is 0 Å². The fraction of sp³-hybridized carbons (Fsp3) is 0.179. The summed E-state index contributed by atoms with van der Waals surface area (Å²) >= 11 is 0. The van der Waals surface area contributed by atoms with Gasteiger partial charge in [0.25, 0.3) is 0 Å². The molecule has 6 rings (SSSR count). The van der Waals surface area contributed by atoms with Gasteiger partial charge >= 0.3 is 0 Å². The Morgan fingerprint density at radius 1 is 0.742 bits per heavy atom. The van der Waals surface area contributed by atoms with Crippen LogP contribution in [0.25, 0.3) is 55.0 Å². The highest BCUT2D eigenvalue weighted by Crippen LogP contribution is 2.41. The molecule has 0 spiro atoms. The summed E-state index contributed by atoms with van der Waals surface area (Å²) in [5.41, 5.74) is 10.5. The largest absolute Gasteiger partial charge is 0.453 e. The van der Waals surface area contributed by atoms with E-state index in [4.69, 9.17) is 4.42 Å². The van der Waals surface area contributed by atoms with Crippen LogP contribution in [0.3, 0.4) is 0 Å². The molecule has 6 aromatic rings. The summed E-state index contributed by atoms with van der Waals surface area (Å²) in [4.78, 5) is 0. The van der Waals surface area contributed by atoms with Crippen molar-refractivity contribution in [2.45, 2.75) is 20.8 Å². The highest BCUT2D eigenvalue weighted by Gasteiger charge is 2.23. The zero-order chi connectivity index (χ0) is 21.4. The average molecular weight is 406 g/mol. The third-order valence-corrected chi connectivity index (χ3v) is 6.88. The van der Waals surface area contributed by atoms with Crippen LogP contribution in [-0.2, 0) is 14.1 Å². The summed E-state index contributed by atoms with van der Waals surface area (Å²) in [6.45, 7) is 6.50. The normalized spacial score (nSPS) is 12.0. The van der Waals surface area contributed by atoms with Crippen molar-refractivity contribution >= 4 is 43.7 Å². The second-order valence-corrected chi connectivity index (χ2v) is 8.79. The maximum absolute atomic E-state index is 6.73. The molecule has 0 amide bonds. The molecule has 0 saturated carbocycles. The highest BCUT2D eigenvalue weighted by molar-refractivity contribution is 6.21. The van der Waals surface area contributed by atoms with Gasteiger partial charge in [0.1, 0.15) is 12.6 Å². The molecule has 152 valence electrons. The van der Waals surface area contributed by atoms with Crippen molar-refractivity contribution in [3.05, 3.63) is 77.5 Å². The molecule has 0 aliphatic heterocycles. The van der Waals surface area contributed by atoms with Crippen LogP contribution >= 0.6 is 0 Å². The minimum Gasteiger partial charge on any atom is -0.453 e. The van der Waals surface area contributed by atoms with Crippen LogP contribution in [0.15, 0.2) is 65.2 Å². The Labute approximate surface area is 181 Å². The molecule has 3 heterocycles. The van der Waals surface area contributed by atoms with E-state index in [1.807, 2.05) is 0 Å². The average Bonchev–Trinajstić information content (AvgIpc) is 3.27. The molecular weight excluding hydrogens is 380 g/mol. The lowest BCUT2D eigenvalue weighted by Crippen LogP contribution is -2.31. The van der Waals surface area contributed by atoms with E-state index in [0.29, 0.717) is 0 Å². The lowest BCUT2D eigenvalue weighted by atomic mass is 9.99. The Morgan fingerprint density at radius 3 is 2.29 bits per heavy atom. The van der Waals surface area contributed by atoms with Gasteiger partial charge in [-0.15, -0.1) is 0 Å². The molecule has 0 radical (unpaired) electrons. The molecule has 0 aliphatic carbocycles. The summed E-state index contributed by atoms with van der Waals surface area (Å²) in [6, 6.07) is 19.7. The number of aromatic nitrogens is 2. The number of nitrogens with zero attached hydrogens (tertiary/aromatic N) is 2. The molecule has 3 nitrogen and oxygen atoms in total. The Kier molecular flexibility index (Phi) is 3.64. The second-order valence-electron chi connectivity index (χ2n) is 8.79. The highest BCUT2D eigenvalue weighted by atomic mass is 16.3. The SMILES string of the molecule is Cc1cc(-c2c(C)ccc3c2oc2c3ccc3c4ccccc4n(C)c32)[n+](C)cc1C. The van der Waals surface area contributed by atoms with Crippen LogP contribution < -0.4 is 4.57 Å². The molecule has 3 aromatic heterocycles. The van der Waals surface area contributed by atoms with Crippen LogP contribution in [0, 0.1) is 20.8 Å². The Hall–Kier alpha value is -3.59. The quantitative estimate of drug-likeness (QED) is 0.281. The third-order valence-electron chi connectivity index (χ3n) is 6.88. The first-order chi connectivity index (χ1) is 15.0. The molecule has 0 fully saturated rings. The Morgan fingerprint density at radius 2 is 1.45 bits per heavy atom. The first-order valence-corrected chi connectivity index (χ1v) is 10.7. The fourth-order valence-corrected chi connectivity index (χ4v) is 5.10. The van der Waals surface area contributed by atoms with Gasteiger partial charge in [-0.3, -0.25) is 0 Å². The Balaban J connectivity index is 1.79. The smallest absolute Gasteiger partial charge is 0.216 e. The van der Waals surface area contributed by atoms with Crippen LogP contribution in [0.2, 0.25) is 0 Å². The predicted molar refractivity (Wildman–Crippen MR) is 129 cm³/mol. The minimum absolute atomic E-state index is 0.963. The standard InChI is InChI=1S/C28H25N2O/c1-16-10-11-21-22-13-12-20-19-8-6-7-9-23(19)30(5)26(20)28(22)31-27(21)25(16)24-14-17(2)18(3)15-29(24)4/h6-15H,1-5H3/q+1. The zero-order valence-corrected chi connectivity index (χ0v) is 18.6. The van der Waals surface area contributed by atoms with Gasteiger partial charge in [-0.2, -0.15) is 0 Å². The van der Waals surface area contributed by atoms with Crippen LogP contribution in [0.5, 0.6) is 0 Å². The lowest BCUT2D eigenvalue weighted by molar-refractivity contribution is -0.660. The number of aryl methyl sites for hydroxylation is 5. The van der Waals surface area contributed by atoms with Crippen molar-refractivity contribution in [1.82, 2.24) is 4.57 Å². The fourth-order valence-electron chi connectivity index (χ4n) is 5.10. The third kappa shape index (κ3) is 2.37. The van der Waals surface area contributed by atoms with E-state index in [2.05, 4.69) is 105 Å². The van der Waals surface area contributed by atoms with Crippen molar-refractivity contribution in [3.63, 3.8) is 0 Å². The number of hydrogen-bond donors (Lipinski definition) is 0. The van der Waals surface area contributed by atoms with Crippen molar-refractivity contribution in [2.24, 2.45) is 14.1 Å². The zero-order valence-electron chi connectivity index (χ0n) is 18.6. The van der Waals surface area contributed by atoms with Crippen molar-refractivity contribution in [3.8, 4) is 11.3 Å². The maximum Gasteiger partial charge on any atom is 0.216 e. The number of pyridine rings is 1. The van der Waals surface area contributed by atoms with Gasteiger partial charge in [0.2, 0.25) is 5.69 Å². The van der Waals surface area contributed by atoms with E-state index >= 15 is 0 Å². The number of fused-ring (bicyclic) bond motifs is 7. The molecule has 0 unspecified atom stereocenters. The number of furan rings is 1. The molecular formula is C28H25N2O+. The Bertz CT molecular complexity index is 1680. The minimum atomic E-state index is 0.963. The molecule has 0 saturated heterocycles.